The van der Waals surface area contributed by atoms with E-state index in [1.807, 2.05) is 18.2 Å². The van der Waals surface area contributed by atoms with Gasteiger partial charge in [0, 0.05) is 13.0 Å². The van der Waals surface area contributed by atoms with Crippen LogP contribution < -0.4 is 32.7 Å². The monoisotopic (exact) mass is 587 g/mol. The van der Waals surface area contributed by atoms with Gasteiger partial charge >= 0.3 is 0 Å². The zero-order chi connectivity index (χ0) is 31.6. The SMILES string of the molecule is CC(NC(=O)CN)C(=O)N1CCCC1C(=O)NC(C(=O)NC(Cc1ccccc1)C(=O)NC(C(N)=O)C(C)C)C(C)C. The van der Waals surface area contributed by atoms with Crippen LogP contribution >= 0.6 is 0 Å². The summed E-state index contributed by atoms with van der Waals surface area (Å²) in [7, 11) is 0. The lowest BCUT2D eigenvalue weighted by Crippen LogP contribution is -2.60. The first kappa shape index (κ1) is 34.2. The smallest absolute Gasteiger partial charge is 0.245 e. The van der Waals surface area contributed by atoms with Crippen molar-refractivity contribution in [2.75, 3.05) is 13.1 Å². The van der Waals surface area contributed by atoms with Crippen LogP contribution in [0.5, 0.6) is 0 Å². The molecule has 8 N–H and O–H groups in total. The van der Waals surface area contributed by atoms with Crippen molar-refractivity contribution < 1.29 is 28.8 Å². The molecule has 5 unspecified atom stereocenters. The van der Waals surface area contributed by atoms with Crippen LogP contribution in [-0.4, -0.2) is 83.6 Å². The second kappa shape index (κ2) is 15.9. The van der Waals surface area contributed by atoms with Gasteiger partial charge in [0.25, 0.3) is 0 Å². The second-order valence-corrected chi connectivity index (χ2v) is 11.3. The van der Waals surface area contributed by atoms with Gasteiger partial charge in [-0.15, -0.1) is 0 Å². The van der Waals surface area contributed by atoms with Gasteiger partial charge in [0.2, 0.25) is 35.4 Å². The second-order valence-electron chi connectivity index (χ2n) is 11.3. The number of nitrogens with two attached hydrogens (primary N) is 2. The van der Waals surface area contributed by atoms with Crippen molar-refractivity contribution in [2.24, 2.45) is 23.3 Å². The molecule has 42 heavy (non-hydrogen) atoms. The normalized spacial score (nSPS) is 17.6. The summed E-state index contributed by atoms with van der Waals surface area (Å²) in [5.41, 5.74) is 11.6. The van der Waals surface area contributed by atoms with Crippen LogP contribution in [0.15, 0.2) is 30.3 Å². The maximum absolute atomic E-state index is 13.5. The zero-order valence-corrected chi connectivity index (χ0v) is 25.0. The van der Waals surface area contributed by atoms with Crippen molar-refractivity contribution >= 4 is 35.4 Å². The Bertz CT molecular complexity index is 1130. The minimum absolute atomic E-state index is 0.137. The molecule has 13 nitrogen and oxygen atoms in total. The highest BCUT2D eigenvalue weighted by Crippen LogP contribution is 2.19. The average molecular weight is 588 g/mol. The lowest BCUT2D eigenvalue weighted by atomic mass is 9.99. The van der Waals surface area contributed by atoms with E-state index in [0.29, 0.717) is 19.4 Å². The number of hydrogen-bond donors (Lipinski definition) is 6. The van der Waals surface area contributed by atoms with Gasteiger partial charge in [0.05, 0.1) is 6.54 Å². The summed E-state index contributed by atoms with van der Waals surface area (Å²) < 4.78 is 0. The van der Waals surface area contributed by atoms with Gasteiger partial charge in [-0.3, -0.25) is 28.8 Å². The highest BCUT2D eigenvalue weighted by atomic mass is 16.2. The minimum Gasteiger partial charge on any atom is -0.368 e. The van der Waals surface area contributed by atoms with Crippen molar-refractivity contribution in [1.29, 1.82) is 0 Å². The number of nitrogens with one attached hydrogen (secondary N) is 4. The Morgan fingerprint density at radius 1 is 0.857 bits per heavy atom. The molecule has 1 heterocycles. The number of benzene rings is 1. The van der Waals surface area contributed by atoms with Crippen LogP contribution in [0.4, 0.5) is 0 Å². The highest BCUT2D eigenvalue weighted by molar-refractivity contribution is 5.96. The maximum atomic E-state index is 13.5. The van der Waals surface area contributed by atoms with Crippen molar-refractivity contribution in [2.45, 2.75) is 84.1 Å². The van der Waals surface area contributed by atoms with E-state index in [-0.39, 0.29) is 24.8 Å². The molecule has 0 aromatic heterocycles. The first-order valence-corrected chi connectivity index (χ1v) is 14.3. The molecule has 13 heteroatoms. The first-order valence-electron chi connectivity index (χ1n) is 14.3. The predicted molar refractivity (Wildman–Crippen MR) is 156 cm³/mol. The number of amides is 6. The Kier molecular flexibility index (Phi) is 12.9. The molecule has 1 aromatic rings. The van der Waals surface area contributed by atoms with Crippen molar-refractivity contribution in [3.63, 3.8) is 0 Å². The molecular weight excluding hydrogens is 542 g/mol. The lowest BCUT2D eigenvalue weighted by molar-refractivity contribution is -0.142. The van der Waals surface area contributed by atoms with Gasteiger partial charge in [-0.2, -0.15) is 0 Å². The van der Waals surface area contributed by atoms with Gasteiger partial charge in [-0.05, 0) is 37.2 Å². The summed E-state index contributed by atoms with van der Waals surface area (Å²) in [5, 5.41) is 10.7. The molecule has 0 bridgehead atoms. The van der Waals surface area contributed by atoms with E-state index in [4.69, 9.17) is 11.5 Å². The molecule has 5 atom stereocenters. The van der Waals surface area contributed by atoms with E-state index in [9.17, 15) is 28.8 Å². The van der Waals surface area contributed by atoms with Crippen LogP contribution in [0.25, 0.3) is 0 Å². The fourth-order valence-electron chi connectivity index (χ4n) is 4.84. The van der Waals surface area contributed by atoms with E-state index in [1.165, 1.54) is 11.8 Å². The number of nitrogens with zero attached hydrogens (tertiary/aromatic N) is 1. The summed E-state index contributed by atoms with van der Waals surface area (Å²) >= 11 is 0. The Hall–Kier alpha value is -4.00. The Morgan fingerprint density at radius 2 is 1.48 bits per heavy atom. The fourth-order valence-corrected chi connectivity index (χ4v) is 4.84. The average Bonchev–Trinajstić information content (AvgIpc) is 3.43. The molecule has 0 spiro atoms. The van der Waals surface area contributed by atoms with Crippen molar-refractivity contribution in [1.82, 2.24) is 26.2 Å². The number of rotatable bonds is 14. The van der Waals surface area contributed by atoms with Crippen molar-refractivity contribution in [3.8, 4) is 0 Å². The summed E-state index contributed by atoms with van der Waals surface area (Å²) in [5.74, 6) is -3.92. The Morgan fingerprint density at radius 3 is 2.02 bits per heavy atom. The molecular formula is C29H45N7O6. The number of carbonyl (C=O) groups excluding carboxylic acids is 6. The van der Waals surface area contributed by atoms with Crippen LogP contribution in [0.2, 0.25) is 0 Å². The molecule has 6 amide bonds. The summed E-state index contributed by atoms with van der Waals surface area (Å²) in [4.78, 5) is 78.1. The standard InChI is InChI=1S/C29H45N7O6/c1-16(2)23(25(31)38)34-26(39)20(14-19-10-7-6-8-11-19)33-28(41)24(17(3)4)35-27(40)21-12-9-13-36(21)29(42)18(5)32-22(37)15-30/h6-8,10-11,16-18,20-21,23-24H,9,12-15,30H2,1-5H3,(H2,31,38)(H,32,37)(H,33,41)(H,34,39)(H,35,40). The molecule has 1 saturated heterocycles. The zero-order valence-electron chi connectivity index (χ0n) is 25.0. The largest absolute Gasteiger partial charge is 0.368 e. The molecule has 0 saturated carbocycles. The molecule has 2 rings (SSSR count). The summed E-state index contributed by atoms with van der Waals surface area (Å²) in [6.45, 7) is 8.57. The highest BCUT2D eigenvalue weighted by Gasteiger charge is 2.39. The lowest BCUT2D eigenvalue weighted by Gasteiger charge is -2.30. The third-order valence-electron chi connectivity index (χ3n) is 7.21. The van der Waals surface area contributed by atoms with E-state index < -0.39 is 65.7 Å². The summed E-state index contributed by atoms with van der Waals surface area (Å²) in [6.07, 6.45) is 1.11. The van der Waals surface area contributed by atoms with Gasteiger partial charge < -0.3 is 37.6 Å². The van der Waals surface area contributed by atoms with E-state index >= 15 is 0 Å². The van der Waals surface area contributed by atoms with E-state index in [1.54, 1.807) is 39.8 Å². The quantitative estimate of drug-likeness (QED) is 0.159. The van der Waals surface area contributed by atoms with Crippen LogP contribution in [0.3, 0.4) is 0 Å². The van der Waals surface area contributed by atoms with Gasteiger partial charge in [0.15, 0.2) is 0 Å². The van der Waals surface area contributed by atoms with Gasteiger partial charge in [0.1, 0.15) is 30.2 Å². The van der Waals surface area contributed by atoms with E-state index in [0.717, 1.165) is 5.56 Å². The molecule has 0 radical (unpaired) electrons. The molecule has 232 valence electrons. The molecule has 1 aliphatic rings. The molecule has 1 aromatic carbocycles. The Labute approximate surface area is 246 Å². The fraction of sp³-hybridized carbons (Fsp3) is 0.586. The molecule has 1 aliphatic heterocycles. The first-order chi connectivity index (χ1) is 19.8. The predicted octanol–water partition coefficient (Wildman–Crippen LogP) is -1.06. The van der Waals surface area contributed by atoms with Gasteiger partial charge in [-0.25, -0.2) is 0 Å². The van der Waals surface area contributed by atoms with E-state index in [2.05, 4.69) is 21.3 Å². The third-order valence-corrected chi connectivity index (χ3v) is 7.21. The number of primary amides is 1. The molecule has 1 fully saturated rings. The minimum atomic E-state index is -1.06. The maximum Gasteiger partial charge on any atom is 0.245 e. The Balaban J connectivity index is 2.21. The summed E-state index contributed by atoms with van der Waals surface area (Å²) in [6, 6.07) is 4.35. The number of carbonyl (C=O) groups is 6. The van der Waals surface area contributed by atoms with Crippen LogP contribution in [0.1, 0.15) is 53.0 Å². The van der Waals surface area contributed by atoms with Crippen LogP contribution in [-0.2, 0) is 35.2 Å². The number of likely N-dealkylation sites (tertiary alicyclic amines) is 1. The third kappa shape index (κ3) is 9.54. The number of hydrogen-bond acceptors (Lipinski definition) is 7. The van der Waals surface area contributed by atoms with Gasteiger partial charge in [-0.1, -0.05) is 58.0 Å². The molecule has 0 aliphatic carbocycles. The van der Waals surface area contributed by atoms with Crippen LogP contribution in [0, 0.1) is 11.8 Å². The van der Waals surface area contributed by atoms with Crippen molar-refractivity contribution in [3.05, 3.63) is 35.9 Å². The topological polar surface area (TPSA) is 206 Å².